The second-order valence-corrected chi connectivity index (χ2v) is 6.41. The highest BCUT2D eigenvalue weighted by Crippen LogP contribution is 2.27. The van der Waals surface area contributed by atoms with Gasteiger partial charge in [-0.05, 0) is 36.8 Å². The van der Waals surface area contributed by atoms with Crippen molar-refractivity contribution in [2.75, 3.05) is 18.5 Å². The Morgan fingerprint density at radius 3 is 2.62 bits per heavy atom. The summed E-state index contributed by atoms with van der Waals surface area (Å²) < 4.78 is 5.40. The lowest BCUT2D eigenvalue weighted by Gasteiger charge is -2.12. The van der Waals surface area contributed by atoms with Crippen LogP contribution in [0.2, 0.25) is 10.0 Å². The fraction of sp³-hybridized carbons (Fsp3) is 0.263. The molecule has 2 amide bonds. The van der Waals surface area contributed by atoms with Crippen LogP contribution in [-0.2, 0) is 4.79 Å². The number of carbonyl (C=O) groups is 2. The molecule has 0 saturated carbocycles. The van der Waals surface area contributed by atoms with Gasteiger partial charge in [-0.1, -0.05) is 48.7 Å². The van der Waals surface area contributed by atoms with Crippen molar-refractivity contribution in [3.63, 3.8) is 0 Å². The van der Waals surface area contributed by atoms with Crippen molar-refractivity contribution in [1.82, 2.24) is 5.32 Å². The molecule has 0 aromatic heterocycles. The molecule has 0 heterocycles. The summed E-state index contributed by atoms with van der Waals surface area (Å²) in [6.07, 6.45) is 1.89. The van der Waals surface area contributed by atoms with Crippen molar-refractivity contribution in [2.24, 2.45) is 0 Å². The third-order valence-corrected chi connectivity index (χ3v) is 4.04. The normalized spacial score (nSPS) is 10.3. The van der Waals surface area contributed by atoms with Crippen LogP contribution >= 0.6 is 23.2 Å². The number of hydrogen-bond acceptors (Lipinski definition) is 3. The lowest BCUT2D eigenvalue weighted by atomic mass is 10.1. The number of hydrogen-bond donors (Lipinski definition) is 2. The van der Waals surface area contributed by atoms with Crippen LogP contribution in [0.3, 0.4) is 0 Å². The summed E-state index contributed by atoms with van der Waals surface area (Å²) in [5, 5.41) is 6.32. The first kappa shape index (κ1) is 20.1. The van der Waals surface area contributed by atoms with Crippen LogP contribution in [-0.4, -0.2) is 25.0 Å². The van der Waals surface area contributed by atoms with Gasteiger partial charge >= 0.3 is 0 Å². The highest BCUT2D eigenvalue weighted by atomic mass is 35.5. The first-order valence-corrected chi connectivity index (χ1v) is 9.01. The quantitative estimate of drug-likeness (QED) is 0.645. The summed E-state index contributed by atoms with van der Waals surface area (Å²) >= 11 is 11.8. The molecule has 2 N–H and O–H groups in total. The van der Waals surface area contributed by atoms with Gasteiger partial charge in [0.25, 0.3) is 11.8 Å². The maximum Gasteiger partial charge on any atom is 0.262 e. The predicted molar refractivity (Wildman–Crippen MR) is 104 cm³/mol. The molecule has 2 aromatic carbocycles. The Labute approximate surface area is 162 Å². The lowest BCUT2D eigenvalue weighted by molar-refractivity contribution is -0.118. The Morgan fingerprint density at radius 1 is 1.12 bits per heavy atom. The average Bonchev–Trinajstić information content (AvgIpc) is 2.61. The molecule has 0 aliphatic rings. The number of unbranched alkanes of at least 4 members (excludes halogenated alkanes) is 1. The third kappa shape index (κ3) is 5.93. The largest absolute Gasteiger partial charge is 0.482 e. The van der Waals surface area contributed by atoms with E-state index in [1.807, 2.05) is 6.92 Å². The number of ether oxygens (including phenoxy) is 1. The molecular weight excluding hydrogens is 375 g/mol. The van der Waals surface area contributed by atoms with Crippen molar-refractivity contribution in [2.45, 2.75) is 19.8 Å². The zero-order valence-corrected chi connectivity index (χ0v) is 15.9. The van der Waals surface area contributed by atoms with E-state index < -0.39 is 5.91 Å². The molecular formula is C19H20Cl2N2O3. The van der Waals surface area contributed by atoms with E-state index >= 15 is 0 Å². The molecule has 0 spiro atoms. The van der Waals surface area contributed by atoms with E-state index in [2.05, 4.69) is 10.6 Å². The van der Waals surface area contributed by atoms with Gasteiger partial charge in [0, 0.05) is 11.6 Å². The maximum atomic E-state index is 12.3. The molecule has 5 nitrogen and oxygen atoms in total. The minimum atomic E-state index is -0.398. The van der Waals surface area contributed by atoms with Crippen LogP contribution in [0.25, 0.3) is 0 Å². The SMILES string of the molecule is CCCCNC(=O)c1ccccc1NC(=O)COc1ccc(Cl)cc1Cl. The molecule has 2 rings (SSSR count). The molecule has 0 saturated heterocycles. The number of amides is 2. The molecule has 0 bridgehead atoms. The minimum Gasteiger partial charge on any atom is -0.482 e. The van der Waals surface area contributed by atoms with Crippen molar-refractivity contribution in [3.05, 3.63) is 58.1 Å². The highest BCUT2D eigenvalue weighted by Gasteiger charge is 2.13. The van der Waals surface area contributed by atoms with Crippen LogP contribution in [0.5, 0.6) is 5.75 Å². The Bertz CT molecular complexity index is 781. The first-order chi connectivity index (χ1) is 12.5. The van der Waals surface area contributed by atoms with Gasteiger partial charge in [0.05, 0.1) is 16.3 Å². The standard InChI is InChI=1S/C19H20Cl2N2O3/c1-2-3-10-22-19(25)14-6-4-5-7-16(14)23-18(24)12-26-17-9-8-13(20)11-15(17)21/h4-9,11H,2-3,10,12H2,1H3,(H,22,25)(H,23,24). The summed E-state index contributed by atoms with van der Waals surface area (Å²) in [5.41, 5.74) is 0.832. The van der Waals surface area contributed by atoms with Crippen molar-refractivity contribution in [1.29, 1.82) is 0 Å². The van der Waals surface area contributed by atoms with Crippen LogP contribution in [0.4, 0.5) is 5.69 Å². The zero-order valence-electron chi connectivity index (χ0n) is 14.4. The van der Waals surface area contributed by atoms with Gasteiger partial charge < -0.3 is 15.4 Å². The second kappa shape index (κ2) is 10.0. The smallest absolute Gasteiger partial charge is 0.262 e. The van der Waals surface area contributed by atoms with Crippen LogP contribution in [0, 0.1) is 0 Å². The Morgan fingerprint density at radius 2 is 1.88 bits per heavy atom. The topological polar surface area (TPSA) is 67.4 Å². The van der Waals surface area contributed by atoms with E-state index in [9.17, 15) is 9.59 Å². The van der Waals surface area contributed by atoms with Crippen molar-refractivity contribution < 1.29 is 14.3 Å². The zero-order chi connectivity index (χ0) is 18.9. The third-order valence-electron chi connectivity index (χ3n) is 3.51. The fourth-order valence-electron chi connectivity index (χ4n) is 2.19. The average molecular weight is 395 g/mol. The summed E-state index contributed by atoms with van der Waals surface area (Å²) in [6.45, 7) is 2.40. The summed E-state index contributed by atoms with van der Waals surface area (Å²) in [7, 11) is 0. The second-order valence-electron chi connectivity index (χ2n) is 5.57. The Balaban J connectivity index is 1.97. The Kier molecular flexibility index (Phi) is 7.75. The molecule has 0 atom stereocenters. The van der Waals surface area contributed by atoms with E-state index in [0.29, 0.717) is 33.6 Å². The number of halogens is 2. The van der Waals surface area contributed by atoms with E-state index in [-0.39, 0.29) is 12.5 Å². The van der Waals surface area contributed by atoms with Crippen LogP contribution < -0.4 is 15.4 Å². The van der Waals surface area contributed by atoms with E-state index in [1.165, 1.54) is 6.07 Å². The molecule has 0 fully saturated rings. The molecule has 0 aliphatic carbocycles. The lowest BCUT2D eigenvalue weighted by Crippen LogP contribution is -2.27. The number of nitrogens with one attached hydrogen (secondary N) is 2. The molecule has 0 aliphatic heterocycles. The van der Waals surface area contributed by atoms with Gasteiger partial charge in [-0.3, -0.25) is 9.59 Å². The maximum absolute atomic E-state index is 12.3. The Hall–Kier alpha value is -2.24. The van der Waals surface area contributed by atoms with E-state index in [4.69, 9.17) is 27.9 Å². The van der Waals surface area contributed by atoms with Crippen molar-refractivity contribution in [3.8, 4) is 5.75 Å². The van der Waals surface area contributed by atoms with Gasteiger partial charge in [0.15, 0.2) is 6.61 Å². The molecule has 2 aromatic rings. The van der Waals surface area contributed by atoms with Crippen LogP contribution in [0.15, 0.2) is 42.5 Å². The highest BCUT2D eigenvalue weighted by molar-refractivity contribution is 6.35. The van der Waals surface area contributed by atoms with E-state index in [1.54, 1.807) is 36.4 Å². The summed E-state index contributed by atoms with van der Waals surface area (Å²) in [4.78, 5) is 24.4. The molecule has 138 valence electrons. The van der Waals surface area contributed by atoms with E-state index in [0.717, 1.165) is 12.8 Å². The number of benzene rings is 2. The summed E-state index contributed by atoms with van der Waals surface area (Å²) in [5.74, 6) is -0.266. The van der Waals surface area contributed by atoms with Gasteiger partial charge in [-0.25, -0.2) is 0 Å². The molecule has 0 unspecified atom stereocenters. The predicted octanol–water partition coefficient (Wildman–Crippen LogP) is 4.54. The molecule has 7 heteroatoms. The summed E-state index contributed by atoms with van der Waals surface area (Å²) in [6, 6.07) is 11.6. The fourth-order valence-corrected chi connectivity index (χ4v) is 2.65. The number of rotatable bonds is 8. The van der Waals surface area contributed by atoms with Gasteiger partial charge in [0.1, 0.15) is 5.75 Å². The first-order valence-electron chi connectivity index (χ1n) is 8.26. The van der Waals surface area contributed by atoms with Gasteiger partial charge in [-0.15, -0.1) is 0 Å². The minimum absolute atomic E-state index is 0.226. The van der Waals surface area contributed by atoms with Crippen LogP contribution in [0.1, 0.15) is 30.1 Å². The van der Waals surface area contributed by atoms with Gasteiger partial charge in [-0.2, -0.15) is 0 Å². The van der Waals surface area contributed by atoms with Gasteiger partial charge in [0.2, 0.25) is 0 Å². The molecule has 0 radical (unpaired) electrons. The molecule has 26 heavy (non-hydrogen) atoms. The van der Waals surface area contributed by atoms with Crippen molar-refractivity contribution >= 4 is 40.7 Å². The number of para-hydroxylation sites is 1. The number of anilines is 1. The number of carbonyl (C=O) groups excluding carboxylic acids is 2. The monoisotopic (exact) mass is 394 g/mol.